The molecule has 6 nitrogen and oxygen atoms in total. The van der Waals surface area contributed by atoms with E-state index in [9.17, 15) is 4.79 Å². The van der Waals surface area contributed by atoms with E-state index in [0.717, 1.165) is 23.8 Å². The van der Waals surface area contributed by atoms with Gasteiger partial charge in [0.15, 0.2) is 11.5 Å². The van der Waals surface area contributed by atoms with E-state index in [1.54, 1.807) is 6.07 Å². The molecule has 27 heavy (non-hydrogen) atoms. The molecule has 2 aliphatic heterocycles. The van der Waals surface area contributed by atoms with Gasteiger partial charge < -0.3 is 24.6 Å². The number of ether oxygens (including phenoxy) is 2. The fraction of sp³-hybridized carbons (Fsp3) is 0.350. The highest BCUT2D eigenvalue weighted by Gasteiger charge is 2.32. The Morgan fingerprint density at radius 3 is 2.52 bits per heavy atom. The third-order valence-corrected chi connectivity index (χ3v) is 4.88. The molecule has 1 fully saturated rings. The topological polar surface area (TPSA) is 54.0 Å². The highest BCUT2D eigenvalue weighted by Crippen LogP contribution is 2.40. The fourth-order valence-electron chi connectivity index (χ4n) is 3.34. The molecule has 0 aromatic heterocycles. The van der Waals surface area contributed by atoms with Gasteiger partial charge in [-0.25, -0.2) is 4.79 Å². The van der Waals surface area contributed by atoms with E-state index in [4.69, 9.17) is 21.1 Å². The monoisotopic (exact) mass is 387 g/mol. The number of hydrogen-bond acceptors (Lipinski definition) is 4. The van der Waals surface area contributed by atoms with Gasteiger partial charge in [0.2, 0.25) is 5.79 Å². The second-order valence-electron chi connectivity index (χ2n) is 7.15. The first-order valence-electron chi connectivity index (χ1n) is 8.98. The molecule has 0 aliphatic carbocycles. The third-order valence-electron chi connectivity index (χ3n) is 4.65. The van der Waals surface area contributed by atoms with Crippen LogP contribution < -0.4 is 19.7 Å². The number of urea groups is 1. The van der Waals surface area contributed by atoms with Crippen molar-refractivity contribution < 1.29 is 14.3 Å². The van der Waals surface area contributed by atoms with Crippen molar-refractivity contribution in [2.24, 2.45) is 0 Å². The van der Waals surface area contributed by atoms with E-state index < -0.39 is 5.79 Å². The lowest BCUT2D eigenvalue weighted by Crippen LogP contribution is -2.50. The molecule has 2 aliphatic rings. The summed E-state index contributed by atoms with van der Waals surface area (Å²) in [5, 5.41) is 3.67. The summed E-state index contributed by atoms with van der Waals surface area (Å²) in [7, 11) is 0. The number of benzene rings is 2. The van der Waals surface area contributed by atoms with Crippen molar-refractivity contribution in [3.8, 4) is 11.5 Å². The Morgan fingerprint density at radius 1 is 1.04 bits per heavy atom. The van der Waals surface area contributed by atoms with Crippen LogP contribution in [0.25, 0.3) is 0 Å². The number of fused-ring (bicyclic) bond motifs is 1. The zero-order valence-electron chi connectivity index (χ0n) is 15.4. The average Bonchev–Trinajstić information content (AvgIpc) is 2.95. The van der Waals surface area contributed by atoms with Gasteiger partial charge in [-0.1, -0.05) is 17.7 Å². The largest absolute Gasteiger partial charge is 0.449 e. The third kappa shape index (κ3) is 3.90. The number of nitrogens with one attached hydrogen (secondary N) is 1. The van der Waals surface area contributed by atoms with Crippen LogP contribution in [-0.2, 0) is 0 Å². The van der Waals surface area contributed by atoms with Crippen LogP contribution in [0, 0.1) is 0 Å². The predicted octanol–water partition coefficient (Wildman–Crippen LogP) is 4.20. The van der Waals surface area contributed by atoms with Gasteiger partial charge in [-0.05, 0) is 30.3 Å². The van der Waals surface area contributed by atoms with Crippen molar-refractivity contribution >= 4 is 29.0 Å². The Labute approximate surface area is 163 Å². The van der Waals surface area contributed by atoms with Crippen molar-refractivity contribution in [3.63, 3.8) is 0 Å². The number of carbonyl (C=O) groups excluding carboxylic acids is 1. The van der Waals surface area contributed by atoms with Crippen LogP contribution in [0.5, 0.6) is 11.5 Å². The maximum Gasteiger partial charge on any atom is 0.321 e. The minimum absolute atomic E-state index is 0.112. The summed E-state index contributed by atoms with van der Waals surface area (Å²) < 4.78 is 11.4. The number of piperazine rings is 1. The van der Waals surface area contributed by atoms with Gasteiger partial charge in [-0.3, -0.25) is 0 Å². The van der Waals surface area contributed by atoms with Crippen LogP contribution in [0.1, 0.15) is 13.8 Å². The molecule has 142 valence electrons. The molecule has 1 N–H and O–H groups in total. The van der Waals surface area contributed by atoms with Gasteiger partial charge in [0.1, 0.15) is 0 Å². The van der Waals surface area contributed by atoms with Crippen LogP contribution >= 0.6 is 11.6 Å². The number of anilines is 2. The first kappa shape index (κ1) is 17.8. The second kappa shape index (κ2) is 6.85. The number of rotatable bonds is 2. The quantitative estimate of drug-likeness (QED) is 0.839. The lowest BCUT2D eigenvalue weighted by molar-refractivity contribution is -0.0431. The zero-order chi connectivity index (χ0) is 19.0. The van der Waals surface area contributed by atoms with E-state index >= 15 is 0 Å². The van der Waals surface area contributed by atoms with Gasteiger partial charge in [0.05, 0.1) is 0 Å². The summed E-state index contributed by atoms with van der Waals surface area (Å²) in [6, 6.07) is 13.1. The van der Waals surface area contributed by atoms with E-state index in [1.807, 2.05) is 55.1 Å². The lowest BCUT2D eigenvalue weighted by atomic mass is 10.2. The molecule has 0 saturated carbocycles. The minimum Gasteiger partial charge on any atom is -0.449 e. The normalized spacial score (nSPS) is 17.7. The molecular formula is C20H22ClN3O3. The Kier molecular flexibility index (Phi) is 4.52. The lowest BCUT2D eigenvalue weighted by Gasteiger charge is -2.36. The highest BCUT2D eigenvalue weighted by molar-refractivity contribution is 6.30. The maximum absolute atomic E-state index is 12.6. The number of amides is 2. The molecule has 2 aromatic carbocycles. The van der Waals surface area contributed by atoms with Crippen LogP contribution in [0.2, 0.25) is 5.02 Å². The number of halogens is 1. The Balaban J connectivity index is 1.35. The summed E-state index contributed by atoms with van der Waals surface area (Å²) in [5.41, 5.74) is 1.78. The van der Waals surface area contributed by atoms with Crippen LogP contribution in [0.3, 0.4) is 0 Å². The summed E-state index contributed by atoms with van der Waals surface area (Å²) in [6.45, 7) is 6.54. The van der Waals surface area contributed by atoms with Crippen LogP contribution in [-0.4, -0.2) is 42.9 Å². The smallest absolute Gasteiger partial charge is 0.321 e. The predicted molar refractivity (Wildman–Crippen MR) is 106 cm³/mol. The molecule has 7 heteroatoms. The van der Waals surface area contributed by atoms with E-state index in [1.165, 1.54) is 0 Å². The molecular weight excluding hydrogens is 366 g/mol. The van der Waals surface area contributed by atoms with Crippen molar-refractivity contribution in [2.75, 3.05) is 36.4 Å². The van der Waals surface area contributed by atoms with Gasteiger partial charge in [-0.2, -0.15) is 0 Å². The van der Waals surface area contributed by atoms with Crippen LogP contribution in [0.15, 0.2) is 42.5 Å². The van der Waals surface area contributed by atoms with E-state index in [-0.39, 0.29) is 6.03 Å². The molecule has 1 saturated heterocycles. The average molecular weight is 388 g/mol. The molecule has 2 heterocycles. The standard InChI is InChI=1S/C20H22ClN3O3/c1-20(2)26-17-7-6-15(13-18(17)27-20)22-19(25)24-10-8-23(9-11-24)16-5-3-4-14(21)12-16/h3-7,12-13H,8-11H2,1-2H3,(H,22,25). The molecule has 2 amide bonds. The van der Waals surface area contributed by atoms with Crippen LogP contribution in [0.4, 0.5) is 16.2 Å². The van der Waals surface area contributed by atoms with Crippen molar-refractivity contribution in [1.29, 1.82) is 0 Å². The Morgan fingerprint density at radius 2 is 1.78 bits per heavy atom. The molecule has 0 spiro atoms. The SMILES string of the molecule is CC1(C)Oc2ccc(NC(=O)N3CCN(c4cccc(Cl)c4)CC3)cc2O1. The fourth-order valence-corrected chi connectivity index (χ4v) is 3.53. The Hall–Kier alpha value is -2.60. The van der Waals surface area contributed by atoms with E-state index in [0.29, 0.717) is 30.3 Å². The summed E-state index contributed by atoms with van der Waals surface area (Å²) in [6.07, 6.45) is 0. The Bertz CT molecular complexity index is 863. The minimum atomic E-state index is -0.679. The first-order chi connectivity index (χ1) is 12.9. The van der Waals surface area contributed by atoms with Crippen molar-refractivity contribution in [3.05, 3.63) is 47.5 Å². The zero-order valence-corrected chi connectivity index (χ0v) is 16.1. The molecule has 4 rings (SSSR count). The summed E-state index contributed by atoms with van der Waals surface area (Å²) in [5.74, 6) is 0.651. The first-order valence-corrected chi connectivity index (χ1v) is 9.36. The van der Waals surface area contributed by atoms with Crippen molar-refractivity contribution in [2.45, 2.75) is 19.6 Å². The van der Waals surface area contributed by atoms with Crippen molar-refractivity contribution in [1.82, 2.24) is 4.90 Å². The number of hydrogen-bond donors (Lipinski definition) is 1. The summed E-state index contributed by atoms with van der Waals surface area (Å²) >= 11 is 6.07. The van der Waals surface area contributed by atoms with Gasteiger partial charge in [0.25, 0.3) is 0 Å². The molecule has 0 atom stereocenters. The highest BCUT2D eigenvalue weighted by atomic mass is 35.5. The number of nitrogens with zero attached hydrogens (tertiary/aromatic N) is 2. The second-order valence-corrected chi connectivity index (χ2v) is 7.59. The summed E-state index contributed by atoms with van der Waals surface area (Å²) in [4.78, 5) is 16.6. The molecule has 2 aromatic rings. The van der Waals surface area contributed by atoms with E-state index in [2.05, 4.69) is 10.2 Å². The molecule has 0 radical (unpaired) electrons. The number of carbonyl (C=O) groups is 1. The molecule has 0 bridgehead atoms. The van der Waals surface area contributed by atoms with Gasteiger partial charge >= 0.3 is 6.03 Å². The van der Waals surface area contributed by atoms with Gasteiger partial charge in [0, 0.05) is 62.5 Å². The van der Waals surface area contributed by atoms with Gasteiger partial charge in [-0.15, -0.1) is 0 Å². The maximum atomic E-state index is 12.6. The molecule has 0 unspecified atom stereocenters.